The third-order valence-corrected chi connectivity index (χ3v) is 6.56. The van der Waals surface area contributed by atoms with Gasteiger partial charge in [0.2, 0.25) is 0 Å². The molecule has 0 spiro atoms. The Labute approximate surface area is 220 Å². The van der Waals surface area contributed by atoms with Gasteiger partial charge >= 0.3 is 11.8 Å². The lowest BCUT2D eigenvalue weighted by Crippen LogP contribution is -2.36. The average molecular weight is 625 g/mol. The number of rotatable bonds is 4. The van der Waals surface area contributed by atoms with Gasteiger partial charge < -0.3 is 10.6 Å². The van der Waals surface area contributed by atoms with Crippen LogP contribution in [0.1, 0.15) is 10.5 Å². The van der Waals surface area contributed by atoms with Crippen LogP contribution in [0, 0.1) is 0 Å². The zero-order chi connectivity index (χ0) is 24.4. The largest absolute Gasteiger partial charge is 0.328 e. The second kappa shape index (κ2) is 10.2. The van der Waals surface area contributed by atoms with Crippen molar-refractivity contribution in [2.24, 2.45) is 0 Å². The van der Waals surface area contributed by atoms with Gasteiger partial charge in [0.1, 0.15) is 5.69 Å². The molecule has 34 heavy (non-hydrogen) atoms. The molecule has 0 saturated heterocycles. The molecule has 0 aliphatic carbocycles. The molecule has 7 nitrogen and oxygen atoms in total. The van der Waals surface area contributed by atoms with Gasteiger partial charge in [-0.05, 0) is 60.7 Å². The summed E-state index contributed by atoms with van der Waals surface area (Å²) in [5.74, 6) is -2.47. The first-order chi connectivity index (χ1) is 16.2. The predicted octanol–water partition coefficient (Wildman–Crippen LogP) is 6.43. The quantitative estimate of drug-likeness (QED) is 0.228. The molecule has 0 radical (unpaired) electrons. The maximum Gasteiger partial charge on any atom is 0.328 e. The van der Waals surface area contributed by atoms with E-state index in [9.17, 15) is 14.4 Å². The molecule has 3 amide bonds. The number of aromatic nitrogens is 1. The molecule has 172 valence electrons. The number of nitrogens with zero attached hydrogens (tertiary/aromatic N) is 1. The number of amides is 3. The van der Waals surface area contributed by atoms with Gasteiger partial charge in [-0.2, -0.15) is 0 Å². The van der Waals surface area contributed by atoms with E-state index in [1.165, 1.54) is 10.7 Å². The second-order valence-corrected chi connectivity index (χ2v) is 9.64. The minimum Gasteiger partial charge on any atom is -0.321 e. The Morgan fingerprint density at radius 3 is 2.24 bits per heavy atom. The second-order valence-electron chi connectivity index (χ2n) is 7.03. The van der Waals surface area contributed by atoms with Crippen LogP contribution in [0.25, 0.3) is 10.9 Å². The number of anilines is 2. The highest BCUT2D eigenvalue weighted by molar-refractivity contribution is 9.10. The first kappa shape index (κ1) is 24.3. The fourth-order valence-corrected chi connectivity index (χ4v) is 4.12. The molecular weight excluding hydrogens is 611 g/mol. The van der Waals surface area contributed by atoms with E-state index >= 15 is 0 Å². The minimum absolute atomic E-state index is 0.108. The first-order valence-corrected chi connectivity index (χ1v) is 12.0. The molecule has 1 aromatic heterocycles. The van der Waals surface area contributed by atoms with Crippen molar-refractivity contribution < 1.29 is 14.4 Å². The Morgan fingerprint density at radius 1 is 0.794 bits per heavy atom. The van der Waals surface area contributed by atoms with Crippen molar-refractivity contribution in [2.75, 3.05) is 16.1 Å². The van der Waals surface area contributed by atoms with Crippen LogP contribution >= 0.6 is 55.1 Å². The lowest BCUT2D eigenvalue weighted by Gasteiger charge is -2.13. The number of hydrogen-bond acceptors (Lipinski definition) is 3. The van der Waals surface area contributed by atoms with Gasteiger partial charge in [-0.15, -0.1) is 0 Å². The van der Waals surface area contributed by atoms with Crippen molar-refractivity contribution >= 4 is 95.1 Å². The Balaban J connectivity index is 1.63. The van der Waals surface area contributed by atoms with E-state index < -0.39 is 17.7 Å². The van der Waals surface area contributed by atoms with Crippen LogP contribution in [0.5, 0.6) is 0 Å². The maximum absolute atomic E-state index is 13.1. The van der Waals surface area contributed by atoms with Crippen molar-refractivity contribution in [3.05, 3.63) is 91.4 Å². The van der Waals surface area contributed by atoms with Crippen molar-refractivity contribution in [1.29, 1.82) is 0 Å². The Morgan fingerprint density at radius 2 is 1.50 bits per heavy atom. The molecule has 0 aliphatic heterocycles. The van der Waals surface area contributed by atoms with E-state index in [2.05, 4.69) is 47.9 Å². The molecule has 3 aromatic carbocycles. The van der Waals surface area contributed by atoms with Crippen LogP contribution < -0.4 is 16.1 Å². The molecule has 0 atom stereocenters. The standard InChI is InChI=1S/C23H14Br2Cl2N4O3/c24-13-4-7-15(8-5-13)28-21(32)19-11-12-10-14(25)6-9-18(12)31(19)30-23(34)22(33)29-17-3-1-2-16(26)20(17)27/h1-11H,(H,28,32)(H,29,33)(H,30,34). The van der Waals surface area contributed by atoms with Crippen molar-refractivity contribution in [2.45, 2.75) is 0 Å². The summed E-state index contributed by atoms with van der Waals surface area (Å²) in [6, 6.07) is 18.6. The zero-order valence-corrected chi connectivity index (χ0v) is 21.7. The average Bonchev–Trinajstić information content (AvgIpc) is 3.15. The minimum atomic E-state index is -1.01. The highest BCUT2D eigenvalue weighted by atomic mass is 79.9. The van der Waals surface area contributed by atoms with Crippen LogP contribution in [0.3, 0.4) is 0 Å². The summed E-state index contributed by atoms with van der Waals surface area (Å²) < 4.78 is 2.91. The zero-order valence-electron chi connectivity index (χ0n) is 17.0. The van der Waals surface area contributed by atoms with E-state index in [1.54, 1.807) is 60.7 Å². The summed E-state index contributed by atoms with van der Waals surface area (Å²) in [5.41, 5.74) is 3.88. The molecule has 0 aliphatic rings. The highest BCUT2D eigenvalue weighted by Crippen LogP contribution is 2.29. The summed E-state index contributed by atoms with van der Waals surface area (Å²) in [4.78, 5) is 38.3. The van der Waals surface area contributed by atoms with Crippen LogP contribution in [0.4, 0.5) is 11.4 Å². The third kappa shape index (κ3) is 5.28. The number of carbonyl (C=O) groups is 3. The summed E-state index contributed by atoms with van der Waals surface area (Å²) in [5, 5.41) is 6.21. The summed E-state index contributed by atoms with van der Waals surface area (Å²) in [6.45, 7) is 0. The van der Waals surface area contributed by atoms with Gasteiger partial charge in [0.05, 0.1) is 21.2 Å². The third-order valence-electron chi connectivity index (χ3n) is 4.72. The van der Waals surface area contributed by atoms with Crippen molar-refractivity contribution in [1.82, 2.24) is 4.68 Å². The van der Waals surface area contributed by atoms with Gasteiger partial charge in [-0.1, -0.05) is 61.1 Å². The number of halogens is 4. The molecular formula is C23H14Br2Cl2N4O3. The first-order valence-electron chi connectivity index (χ1n) is 9.67. The van der Waals surface area contributed by atoms with Gasteiger partial charge in [0.25, 0.3) is 5.91 Å². The Kier molecular flexibility index (Phi) is 7.27. The summed E-state index contributed by atoms with van der Waals surface area (Å²) >= 11 is 18.8. The highest BCUT2D eigenvalue weighted by Gasteiger charge is 2.22. The summed E-state index contributed by atoms with van der Waals surface area (Å²) in [7, 11) is 0. The molecule has 0 saturated carbocycles. The number of carbonyl (C=O) groups excluding carboxylic acids is 3. The molecule has 0 unspecified atom stereocenters. The molecule has 0 bridgehead atoms. The van der Waals surface area contributed by atoms with E-state index in [-0.39, 0.29) is 21.4 Å². The van der Waals surface area contributed by atoms with Crippen LogP contribution in [0.2, 0.25) is 10.0 Å². The van der Waals surface area contributed by atoms with Gasteiger partial charge in [0.15, 0.2) is 0 Å². The van der Waals surface area contributed by atoms with Gasteiger partial charge in [0, 0.05) is 20.0 Å². The van der Waals surface area contributed by atoms with Crippen LogP contribution in [0.15, 0.2) is 75.7 Å². The van der Waals surface area contributed by atoms with E-state index in [0.29, 0.717) is 16.6 Å². The Hall–Kier alpha value is -2.85. The van der Waals surface area contributed by atoms with E-state index in [4.69, 9.17) is 23.2 Å². The number of benzene rings is 3. The topological polar surface area (TPSA) is 92.2 Å². The number of nitrogens with one attached hydrogen (secondary N) is 3. The summed E-state index contributed by atoms with van der Waals surface area (Å²) in [6.07, 6.45) is 0. The van der Waals surface area contributed by atoms with Crippen molar-refractivity contribution in [3.63, 3.8) is 0 Å². The van der Waals surface area contributed by atoms with Crippen LogP contribution in [-0.2, 0) is 9.59 Å². The SMILES string of the molecule is O=C(Nc1cccc(Cl)c1Cl)C(=O)Nn1c(C(=O)Nc2ccc(Br)cc2)cc2cc(Br)ccc21. The Bertz CT molecular complexity index is 1440. The predicted molar refractivity (Wildman–Crippen MR) is 141 cm³/mol. The van der Waals surface area contributed by atoms with Gasteiger partial charge in [-0.3, -0.25) is 19.8 Å². The molecule has 11 heteroatoms. The maximum atomic E-state index is 13.1. The van der Waals surface area contributed by atoms with E-state index in [0.717, 1.165) is 8.95 Å². The monoisotopic (exact) mass is 622 g/mol. The molecule has 1 heterocycles. The van der Waals surface area contributed by atoms with Crippen LogP contribution in [-0.4, -0.2) is 22.4 Å². The smallest absolute Gasteiger partial charge is 0.321 e. The lowest BCUT2D eigenvalue weighted by atomic mass is 10.2. The van der Waals surface area contributed by atoms with E-state index in [1.807, 2.05) is 0 Å². The van der Waals surface area contributed by atoms with Gasteiger partial charge in [-0.25, -0.2) is 4.68 Å². The fourth-order valence-electron chi connectivity index (χ4n) is 3.13. The lowest BCUT2D eigenvalue weighted by molar-refractivity contribution is -0.133. The molecule has 4 rings (SSSR count). The normalized spacial score (nSPS) is 10.7. The number of fused-ring (bicyclic) bond motifs is 1. The number of hydrogen-bond donors (Lipinski definition) is 3. The molecule has 0 fully saturated rings. The molecule has 3 N–H and O–H groups in total. The molecule has 4 aromatic rings. The van der Waals surface area contributed by atoms with Crippen molar-refractivity contribution in [3.8, 4) is 0 Å². The fraction of sp³-hybridized carbons (Fsp3) is 0.